The fraction of sp³-hybridized carbons (Fsp3) is 0.586. The maximum absolute atomic E-state index is 10.9. The number of nitrogens with two attached hydrogens (primary N) is 1. The minimum absolute atomic E-state index is 0.00691. The minimum atomic E-state index is -0.835. The number of nitrogen functional groups attached to an aromatic ring is 1. The highest BCUT2D eigenvalue weighted by atomic mass is 16.5. The van der Waals surface area contributed by atoms with Gasteiger partial charge in [0.25, 0.3) is 0 Å². The van der Waals surface area contributed by atoms with Crippen LogP contribution >= 0.6 is 0 Å². The summed E-state index contributed by atoms with van der Waals surface area (Å²) in [7, 11) is 2.16. The summed E-state index contributed by atoms with van der Waals surface area (Å²) in [6.45, 7) is 2.45. The Hall–Kier alpha value is -2.92. The molecule has 2 aliphatic carbocycles. The lowest BCUT2D eigenvalue weighted by molar-refractivity contribution is -0.00667. The lowest BCUT2D eigenvalue weighted by Crippen LogP contribution is -2.46. The molecule has 3 fully saturated rings. The van der Waals surface area contributed by atoms with Crippen LogP contribution in [0.4, 0.5) is 17.2 Å². The average Bonchev–Trinajstić information content (AvgIpc) is 3.54. The van der Waals surface area contributed by atoms with Crippen molar-refractivity contribution in [3.05, 3.63) is 42.4 Å². The summed E-state index contributed by atoms with van der Waals surface area (Å²) < 4.78 is 7.30. The van der Waals surface area contributed by atoms with Crippen molar-refractivity contribution in [3.63, 3.8) is 0 Å². The van der Waals surface area contributed by atoms with Gasteiger partial charge in [-0.1, -0.05) is 6.07 Å². The van der Waals surface area contributed by atoms with Gasteiger partial charge in [0.1, 0.15) is 23.9 Å². The standard InChI is InChI=1S/C29H39N7O3/c1-35(12-18-11-24(27(38)26(18)37)36-7-6-21-28(30)31-15-32-29(21)36)20-8-16(9-20)2-5-25-33-22-4-3-17(10-23(22)34-25)19-13-39-14-19/h3-4,6-7,10,15-16,18-20,24-27,33-34,37-38H,2,5,8-9,11-14H2,1H3,(H2,30,31,32)/t16?,18-,20?,24-,25?,26-,27+/m1/s1. The third-order valence-electron chi connectivity index (χ3n) is 9.70. The molecule has 0 radical (unpaired) electrons. The highest BCUT2D eigenvalue weighted by Crippen LogP contribution is 2.41. The van der Waals surface area contributed by atoms with Crippen molar-refractivity contribution in [2.24, 2.45) is 11.8 Å². The van der Waals surface area contributed by atoms with E-state index in [-0.39, 0.29) is 12.0 Å². The predicted octanol–water partition coefficient (Wildman–Crippen LogP) is 2.76. The maximum atomic E-state index is 10.9. The largest absolute Gasteiger partial charge is 0.390 e. The van der Waals surface area contributed by atoms with Gasteiger partial charge in [0.2, 0.25) is 0 Å². The van der Waals surface area contributed by atoms with Gasteiger partial charge in [-0.15, -0.1) is 0 Å². The Kier molecular flexibility index (Phi) is 6.38. The topological polar surface area (TPSA) is 134 Å². The minimum Gasteiger partial charge on any atom is -0.390 e. The van der Waals surface area contributed by atoms with Crippen molar-refractivity contribution in [2.75, 3.05) is 43.2 Å². The molecule has 5 atom stereocenters. The number of anilines is 3. The Morgan fingerprint density at radius 3 is 2.67 bits per heavy atom. The number of rotatable bonds is 8. The van der Waals surface area contributed by atoms with E-state index < -0.39 is 12.2 Å². The number of aliphatic hydroxyl groups excluding tert-OH is 2. The van der Waals surface area contributed by atoms with Crippen LogP contribution in [0.25, 0.3) is 11.0 Å². The number of aliphatic hydroxyl groups is 2. The van der Waals surface area contributed by atoms with Crippen molar-refractivity contribution in [1.29, 1.82) is 0 Å². The van der Waals surface area contributed by atoms with Crippen LogP contribution in [-0.4, -0.2) is 80.9 Å². The Morgan fingerprint density at radius 1 is 1.05 bits per heavy atom. The number of benzene rings is 1. The smallest absolute Gasteiger partial charge is 0.145 e. The predicted molar refractivity (Wildman–Crippen MR) is 151 cm³/mol. The van der Waals surface area contributed by atoms with Crippen LogP contribution < -0.4 is 16.4 Å². The second-order valence-electron chi connectivity index (χ2n) is 12.2. The molecule has 1 aromatic carbocycles. The molecule has 4 heterocycles. The molecule has 3 aromatic rings. The number of ether oxygens (including phenoxy) is 1. The summed E-state index contributed by atoms with van der Waals surface area (Å²) in [5.41, 5.74) is 10.5. The third kappa shape index (κ3) is 4.53. The zero-order chi connectivity index (χ0) is 26.7. The van der Waals surface area contributed by atoms with E-state index in [0.717, 1.165) is 37.5 Å². The number of nitrogens with zero attached hydrogens (tertiary/aromatic N) is 4. The molecule has 2 aliphatic heterocycles. The van der Waals surface area contributed by atoms with Gasteiger partial charge in [-0.2, -0.15) is 0 Å². The van der Waals surface area contributed by atoms with Crippen molar-refractivity contribution < 1.29 is 14.9 Å². The van der Waals surface area contributed by atoms with Gasteiger partial charge < -0.3 is 40.8 Å². The Balaban J connectivity index is 0.883. The first-order valence-corrected chi connectivity index (χ1v) is 14.3. The van der Waals surface area contributed by atoms with Crippen molar-refractivity contribution in [2.45, 2.75) is 68.5 Å². The van der Waals surface area contributed by atoms with Crippen molar-refractivity contribution in [3.8, 4) is 0 Å². The lowest BCUT2D eigenvalue weighted by atomic mass is 9.76. The van der Waals surface area contributed by atoms with Gasteiger partial charge in [0.15, 0.2) is 0 Å². The van der Waals surface area contributed by atoms with Gasteiger partial charge in [-0.25, -0.2) is 9.97 Å². The van der Waals surface area contributed by atoms with Crippen molar-refractivity contribution >= 4 is 28.2 Å². The van der Waals surface area contributed by atoms with Gasteiger partial charge in [-0.3, -0.25) is 0 Å². The van der Waals surface area contributed by atoms with Gasteiger partial charge in [-0.05, 0) is 68.8 Å². The number of nitrogens with one attached hydrogen (secondary N) is 2. The van der Waals surface area contributed by atoms with Crippen LogP contribution in [0.2, 0.25) is 0 Å². The first kappa shape index (κ1) is 25.1. The van der Waals surface area contributed by atoms with E-state index in [2.05, 4.69) is 50.7 Å². The molecule has 208 valence electrons. The number of hydrogen-bond acceptors (Lipinski definition) is 9. The lowest BCUT2D eigenvalue weighted by Gasteiger charge is -2.43. The van der Waals surface area contributed by atoms with Crippen LogP contribution in [-0.2, 0) is 4.74 Å². The summed E-state index contributed by atoms with van der Waals surface area (Å²) in [6.07, 6.45) is 7.42. The van der Waals surface area contributed by atoms with Crippen LogP contribution in [0.1, 0.15) is 49.6 Å². The number of fused-ring (bicyclic) bond motifs is 2. The zero-order valence-electron chi connectivity index (χ0n) is 22.4. The summed E-state index contributed by atoms with van der Waals surface area (Å²) in [5.74, 6) is 1.71. The molecule has 6 N–H and O–H groups in total. The van der Waals surface area contributed by atoms with Crippen LogP contribution in [0.5, 0.6) is 0 Å². The normalized spacial score (nSPS) is 32.1. The van der Waals surface area contributed by atoms with Gasteiger partial charge >= 0.3 is 0 Å². The fourth-order valence-corrected chi connectivity index (χ4v) is 7.08. The molecule has 0 spiro atoms. The molecule has 10 heteroatoms. The highest BCUT2D eigenvalue weighted by Gasteiger charge is 2.44. The quantitative estimate of drug-likeness (QED) is 0.296. The molecule has 2 aromatic heterocycles. The van der Waals surface area contributed by atoms with Gasteiger partial charge in [0.05, 0.1) is 48.3 Å². The number of hydrogen-bond donors (Lipinski definition) is 5. The number of aromatic nitrogens is 3. The van der Waals surface area contributed by atoms with Crippen LogP contribution in [0, 0.1) is 11.8 Å². The molecule has 4 aliphatic rings. The van der Waals surface area contributed by atoms with Crippen molar-refractivity contribution in [1.82, 2.24) is 19.4 Å². The van der Waals surface area contributed by atoms with E-state index in [4.69, 9.17) is 10.5 Å². The molecular formula is C29H39N7O3. The Labute approximate surface area is 228 Å². The molecule has 10 nitrogen and oxygen atoms in total. The van der Waals surface area contributed by atoms with E-state index in [1.807, 2.05) is 16.8 Å². The first-order valence-electron chi connectivity index (χ1n) is 14.3. The Morgan fingerprint density at radius 2 is 1.87 bits per heavy atom. The van der Waals surface area contributed by atoms with E-state index in [1.165, 1.54) is 42.5 Å². The Bertz CT molecular complexity index is 1340. The second kappa shape index (κ2) is 9.92. The van der Waals surface area contributed by atoms with E-state index in [9.17, 15) is 10.2 Å². The first-order chi connectivity index (χ1) is 18.9. The second-order valence-corrected chi connectivity index (χ2v) is 12.2. The molecule has 7 rings (SSSR count). The summed E-state index contributed by atoms with van der Waals surface area (Å²) >= 11 is 0. The molecule has 0 bridgehead atoms. The molecular weight excluding hydrogens is 494 g/mol. The van der Waals surface area contributed by atoms with Gasteiger partial charge in [0, 0.05) is 30.6 Å². The highest BCUT2D eigenvalue weighted by molar-refractivity contribution is 5.86. The average molecular weight is 534 g/mol. The third-order valence-corrected chi connectivity index (χ3v) is 9.70. The van der Waals surface area contributed by atoms with E-state index in [1.54, 1.807) is 0 Å². The molecule has 2 saturated carbocycles. The molecule has 1 saturated heterocycles. The SMILES string of the molecule is CN(C[C@H]1C[C@@H](n2ccc3c(N)ncnc32)[C@H](O)[C@@H]1O)C1CC(CCC2Nc3ccc(C4COC4)cc3N2)C1. The summed E-state index contributed by atoms with van der Waals surface area (Å²) in [5, 5.41) is 29.9. The fourth-order valence-electron chi connectivity index (χ4n) is 7.08. The molecule has 39 heavy (non-hydrogen) atoms. The molecule has 0 amide bonds. The monoisotopic (exact) mass is 533 g/mol. The van der Waals surface area contributed by atoms with E-state index in [0.29, 0.717) is 36.0 Å². The van der Waals surface area contributed by atoms with Crippen LogP contribution in [0.3, 0.4) is 0 Å². The molecule has 1 unspecified atom stereocenters. The zero-order valence-corrected chi connectivity index (χ0v) is 22.4. The van der Waals surface area contributed by atoms with E-state index >= 15 is 0 Å². The summed E-state index contributed by atoms with van der Waals surface area (Å²) in [6, 6.07) is 8.90. The maximum Gasteiger partial charge on any atom is 0.145 e. The van der Waals surface area contributed by atoms with Crippen LogP contribution in [0.15, 0.2) is 36.8 Å². The summed E-state index contributed by atoms with van der Waals surface area (Å²) in [4.78, 5) is 10.8.